The summed E-state index contributed by atoms with van der Waals surface area (Å²) in [6.07, 6.45) is 4.50. The molecule has 0 aromatic rings. The van der Waals surface area contributed by atoms with Gasteiger partial charge in [0, 0.05) is 41.1 Å². The number of carbonyl (C=O) groups excluding carboxylic acids is 3. The molecule has 0 spiro atoms. The number of rotatable bonds is 14. The van der Waals surface area contributed by atoms with E-state index in [2.05, 4.69) is 16.4 Å². The standard InChI is InChI=1S/C20H34FO4P/c1-3-5-7-8-14(22)12-16-15(20(25-26)13-19(16)24)10-11-18(23)17(21)9-6-4-2/h15-17,20H,3-13,26H2,1-2H3. The van der Waals surface area contributed by atoms with E-state index >= 15 is 0 Å². The molecule has 26 heavy (non-hydrogen) atoms. The van der Waals surface area contributed by atoms with Crippen LogP contribution in [0.3, 0.4) is 0 Å². The van der Waals surface area contributed by atoms with Crippen molar-refractivity contribution < 1.29 is 23.3 Å². The molecule has 0 radical (unpaired) electrons. The molecule has 1 saturated carbocycles. The van der Waals surface area contributed by atoms with Gasteiger partial charge in [-0.2, -0.15) is 0 Å². The molecule has 4 nitrogen and oxygen atoms in total. The number of Topliss-reactive ketones (excluding diaryl/α,β-unsaturated/α-hetero) is 3. The lowest BCUT2D eigenvalue weighted by molar-refractivity contribution is -0.127. The number of ketones is 3. The average Bonchev–Trinajstić information content (AvgIpc) is 2.92. The first kappa shape index (κ1) is 23.4. The fourth-order valence-corrected chi connectivity index (χ4v) is 4.03. The number of halogens is 1. The Morgan fingerprint density at radius 1 is 1.19 bits per heavy atom. The van der Waals surface area contributed by atoms with Crippen LogP contribution in [0.4, 0.5) is 4.39 Å². The van der Waals surface area contributed by atoms with E-state index in [4.69, 9.17) is 4.52 Å². The largest absolute Gasteiger partial charge is 0.362 e. The van der Waals surface area contributed by atoms with E-state index in [9.17, 15) is 18.8 Å². The summed E-state index contributed by atoms with van der Waals surface area (Å²) >= 11 is 0. The summed E-state index contributed by atoms with van der Waals surface area (Å²) in [5, 5.41) is 0. The maximum Gasteiger partial charge on any atom is 0.166 e. The number of alkyl halides is 1. The van der Waals surface area contributed by atoms with Crippen LogP contribution in [0.25, 0.3) is 0 Å². The van der Waals surface area contributed by atoms with Gasteiger partial charge in [-0.3, -0.25) is 14.4 Å². The molecule has 0 aromatic carbocycles. The molecule has 0 amide bonds. The molecule has 0 bridgehead atoms. The molecule has 1 aliphatic rings. The molecule has 0 saturated heterocycles. The van der Waals surface area contributed by atoms with E-state index in [1.54, 1.807) is 0 Å². The zero-order valence-electron chi connectivity index (χ0n) is 16.2. The minimum Gasteiger partial charge on any atom is -0.362 e. The van der Waals surface area contributed by atoms with E-state index in [0.717, 1.165) is 25.7 Å². The van der Waals surface area contributed by atoms with Gasteiger partial charge in [-0.1, -0.05) is 39.5 Å². The van der Waals surface area contributed by atoms with Gasteiger partial charge in [0.05, 0.1) is 6.10 Å². The highest BCUT2D eigenvalue weighted by molar-refractivity contribution is 7.09. The van der Waals surface area contributed by atoms with Gasteiger partial charge in [-0.25, -0.2) is 4.39 Å². The lowest BCUT2D eigenvalue weighted by Gasteiger charge is -2.22. The van der Waals surface area contributed by atoms with Crippen LogP contribution in [0.1, 0.15) is 84.5 Å². The first-order valence-corrected chi connectivity index (χ1v) is 10.5. The summed E-state index contributed by atoms with van der Waals surface area (Å²) in [5.41, 5.74) is 0. The number of carbonyl (C=O) groups is 3. The second kappa shape index (κ2) is 12.7. The van der Waals surface area contributed by atoms with Crippen molar-refractivity contribution in [3.8, 4) is 0 Å². The summed E-state index contributed by atoms with van der Waals surface area (Å²) < 4.78 is 19.2. The maximum absolute atomic E-state index is 13.9. The predicted octanol–water partition coefficient (Wildman–Crippen LogP) is 4.78. The van der Waals surface area contributed by atoms with Crippen molar-refractivity contribution in [2.45, 2.75) is 96.8 Å². The summed E-state index contributed by atoms with van der Waals surface area (Å²) in [6.45, 7) is 4.04. The van der Waals surface area contributed by atoms with Crippen LogP contribution in [0.2, 0.25) is 0 Å². The summed E-state index contributed by atoms with van der Waals surface area (Å²) in [6, 6.07) is 0. The SMILES string of the molecule is CCCCCC(=O)CC1C(=O)CC(OP)C1CCC(=O)C(F)CCCC. The Kier molecular flexibility index (Phi) is 11.4. The van der Waals surface area contributed by atoms with Gasteiger partial charge < -0.3 is 4.52 Å². The lowest BCUT2D eigenvalue weighted by Crippen LogP contribution is -2.26. The molecular formula is C20H34FO4P. The Balaban J connectivity index is 2.60. The number of hydrogen-bond donors (Lipinski definition) is 0. The van der Waals surface area contributed by atoms with Crippen LogP contribution in [-0.2, 0) is 18.9 Å². The minimum atomic E-state index is -1.42. The zero-order chi connectivity index (χ0) is 19.5. The van der Waals surface area contributed by atoms with Crippen molar-refractivity contribution in [3.63, 3.8) is 0 Å². The van der Waals surface area contributed by atoms with E-state index in [-0.39, 0.29) is 49.3 Å². The van der Waals surface area contributed by atoms with Crippen molar-refractivity contribution in [3.05, 3.63) is 0 Å². The molecule has 1 aliphatic carbocycles. The van der Waals surface area contributed by atoms with Crippen LogP contribution in [-0.4, -0.2) is 29.6 Å². The molecule has 0 aliphatic heterocycles. The van der Waals surface area contributed by atoms with Crippen molar-refractivity contribution in [1.29, 1.82) is 0 Å². The van der Waals surface area contributed by atoms with E-state index < -0.39 is 17.9 Å². The maximum atomic E-state index is 13.9. The topological polar surface area (TPSA) is 60.4 Å². The van der Waals surface area contributed by atoms with Crippen molar-refractivity contribution in [2.75, 3.05) is 0 Å². The van der Waals surface area contributed by atoms with Crippen LogP contribution >= 0.6 is 9.47 Å². The Morgan fingerprint density at radius 3 is 2.50 bits per heavy atom. The van der Waals surface area contributed by atoms with E-state index in [1.165, 1.54) is 0 Å². The van der Waals surface area contributed by atoms with E-state index in [1.807, 2.05) is 6.92 Å². The highest BCUT2D eigenvalue weighted by Crippen LogP contribution is 2.38. The second-order valence-electron chi connectivity index (χ2n) is 7.43. The quantitative estimate of drug-likeness (QED) is 0.317. The molecule has 0 N–H and O–H groups in total. The third kappa shape index (κ3) is 7.52. The fraction of sp³-hybridized carbons (Fsp3) is 0.850. The molecule has 0 aromatic heterocycles. The number of hydrogen-bond acceptors (Lipinski definition) is 4. The van der Waals surface area contributed by atoms with Crippen molar-refractivity contribution in [2.24, 2.45) is 11.8 Å². The minimum absolute atomic E-state index is 0.0292. The first-order valence-electron chi connectivity index (χ1n) is 10.0. The summed E-state index contributed by atoms with van der Waals surface area (Å²) in [5.74, 6) is -0.840. The van der Waals surface area contributed by atoms with Gasteiger partial charge in [0.15, 0.2) is 12.0 Å². The van der Waals surface area contributed by atoms with Crippen molar-refractivity contribution >= 4 is 26.8 Å². The Bertz CT molecular complexity index is 469. The van der Waals surface area contributed by atoms with Crippen LogP contribution < -0.4 is 0 Å². The van der Waals surface area contributed by atoms with Gasteiger partial charge in [0.1, 0.15) is 11.6 Å². The Hall–Kier alpha value is -0.670. The van der Waals surface area contributed by atoms with Crippen LogP contribution in [0.15, 0.2) is 0 Å². The van der Waals surface area contributed by atoms with Gasteiger partial charge in [0.25, 0.3) is 0 Å². The molecule has 150 valence electrons. The monoisotopic (exact) mass is 388 g/mol. The molecule has 5 atom stereocenters. The molecule has 5 unspecified atom stereocenters. The third-order valence-corrected chi connectivity index (χ3v) is 5.73. The normalized spacial score (nSPS) is 24.0. The van der Waals surface area contributed by atoms with E-state index in [0.29, 0.717) is 19.3 Å². The molecule has 1 fully saturated rings. The van der Waals surface area contributed by atoms with Crippen LogP contribution in [0.5, 0.6) is 0 Å². The van der Waals surface area contributed by atoms with Crippen LogP contribution in [0, 0.1) is 11.8 Å². The fourth-order valence-electron chi connectivity index (χ4n) is 3.73. The lowest BCUT2D eigenvalue weighted by atomic mass is 9.84. The molecule has 1 rings (SSSR count). The Morgan fingerprint density at radius 2 is 1.88 bits per heavy atom. The van der Waals surface area contributed by atoms with Gasteiger partial charge in [0.2, 0.25) is 0 Å². The van der Waals surface area contributed by atoms with Crippen molar-refractivity contribution in [1.82, 2.24) is 0 Å². The predicted molar refractivity (Wildman–Crippen MR) is 104 cm³/mol. The average molecular weight is 388 g/mol. The first-order chi connectivity index (χ1) is 12.4. The third-order valence-electron chi connectivity index (χ3n) is 5.38. The summed E-state index contributed by atoms with van der Waals surface area (Å²) in [7, 11) is 2.18. The van der Waals surface area contributed by atoms with Gasteiger partial charge in [-0.05, 0) is 25.2 Å². The molecule has 0 heterocycles. The van der Waals surface area contributed by atoms with Gasteiger partial charge in [-0.15, -0.1) is 0 Å². The smallest absolute Gasteiger partial charge is 0.166 e. The molecular weight excluding hydrogens is 354 g/mol. The summed E-state index contributed by atoms with van der Waals surface area (Å²) in [4.78, 5) is 36.6. The Labute approximate surface area is 159 Å². The zero-order valence-corrected chi connectivity index (χ0v) is 17.3. The highest BCUT2D eigenvalue weighted by atomic mass is 31.0. The number of unbranched alkanes of at least 4 members (excludes halogenated alkanes) is 3. The van der Waals surface area contributed by atoms with Gasteiger partial charge >= 0.3 is 0 Å². The molecule has 6 heteroatoms. The second-order valence-corrected chi connectivity index (χ2v) is 7.70. The highest BCUT2D eigenvalue weighted by Gasteiger charge is 2.43.